The Hall–Kier alpha value is -1.47. The van der Waals surface area contributed by atoms with Crippen molar-refractivity contribution in [2.45, 2.75) is 11.8 Å². The van der Waals surface area contributed by atoms with Crippen molar-refractivity contribution in [1.29, 1.82) is 0 Å². The number of benzene rings is 1. The molecule has 1 rings (SSSR count). The molecule has 8 heteroatoms. The van der Waals surface area contributed by atoms with Crippen LogP contribution in [0.25, 0.3) is 0 Å². The highest BCUT2D eigenvalue weighted by Crippen LogP contribution is 2.34. The van der Waals surface area contributed by atoms with Crippen molar-refractivity contribution >= 4 is 25.7 Å². The van der Waals surface area contributed by atoms with E-state index in [1.807, 2.05) is 0 Å². The van der Waals surface area contributed by atoms with Crippen molar-refractivity contribution in [3.63, 3.8) is 0 Å². The van der Waals surface area contributed by atoms with Gasteiger partial charge in [0.25, 0.3) is 9.05 Å². The van der Waals surface area contributed by atoms with Crippen LogP contribution in [-0.4, -0.2) is 33.2 Å². The number of carboxylic acid groups (broad SMARTS) is 1. The van der Waals surface area contributed by atoms with Gasteiger partial charge in [0, 0.05) is 16.7 Å². The van der Waals surface area contributed by atoms with Crippen molar-refractivity contribution in [1.82, 2.24) is 0 Å². The van der Waals surface area contributed by atoms with Gasteiger partial charge in [0.1, 0.15) is 22.0 Å². The SMILES string of the molecule is CCOc1cc(OC)c(S(=O)(=O)Cl)cc1C(=O)O. The first-order valence-corrected chi connectivity index (χ1v) is 7.15. The van der Waals surface area contributed by atoms with E-state index in [0.717, 1.165) is 6.07 Å². The maximum Gasteiger partial charge on any atom is 0.339 e. The van der Waals surface area contributed by atoms with Crippen molar-refractivity contribution in [2.24, 2.45) is 0 Å². The first-order chi connectivity index (χ1) is 8.31. The smallest absolute Gasteiger partial charge is 0.339 e. The number of methoxy groups -OCH3 is 1. The van der Waals surface area contributed by atoms with Crippen LogP contribution in [0.2, 0.25) is 0 Å². The van der Waals surface area contributed by atoms with E-state index in [-0.39, 0.29) is 23.7 Å². The van der Waals surface area contributed by atoms with E-state index in [4.69, 9.17) is 25.3 Å². The highest BCUT2D eigenvalue weighted by molar-refractivity contribution is 8.13. The Kier molecular flexibility index (Phi) is 4.42. The number of ether oxygens (including phenoxy) is 2. The quantitative estimate of drug-likeness (QED) is 0.832. The summed E-state index contributed by atoms with van der Waals surface area (Å²) < 4.78 is 32.6. The molecule has 0 atom stereocenters. The van der Waals surface area contributed by atoms with Crippen molar-refractivity contribution in [3.05, 3.63) is 17.7 Å². The predicted octanol–water partition coefficient (Wildman–Crippen LogP) is 1.72. The maximum absolute atomic E-state index is 11.3. The molecule has 1 aromatic carbocycles. The molecule has 6 nitrogen and oxygen atoms in total. The van der Waals surface area contributed by atoms with Gasteiger partial charge in [-0.2, -0.15) is 0 Å². The van der Waals surface area contributed by atoms with Crippen LogP contribution in [0.4, 0.5) is 0 Å². The summed E-state index contributed by atoms with van der Waals surface area (Å²) in [5.41, 5.74) is -0.295. The summed E-state index contributed by atoms with van der Waals surface area (Å²) in [5, 5.41) is 8.99. The molecule has 0 bridgehead atoms. The van der Waals surface area contributed by atoms with Gasteiger partial charge in [-0.05, 0) is 13.0 Å². The first kappa shape index (κ1) is 14.6. The van der Waals surface area contributed by atoms with Gasteiger partial charge in [-0.3, -0.25) is 0 Å². The van der Waals surface area contributed by atoms with Gasteiger partial charge >= 0.3 is 5.97 Å². The molecule has 0 aliphatic rings. The van der Waals surface area contributed by atoms with Gasteiger partial charge in [0.05, 0.1) is 13.7 Å². The molecule has 0 aliphatic heterocycles. The maximum atomic E-state index is 11.3. The molecule has 1 N–H and O–H groups in total. The predicted molar refractivity (Wildman–Crippen MR) is 64.2 cm³/mol. The second kappa shape index (κ2) is 5.45. The Morgan fingerprint density at radius 2 is 2.00 bits per heavy atom. The number of carboxylic acids is 1. The van der Waals surface area contributed by atoms with Crippen LogP contribution in [0.3, 0.4) is 0 Å². The van der Waals surface area contributed by atoms with Gasteiger partial charge in [0.2, 0.25) is 0 Å². The molecule has 0 amide bonds. The first-order valence-electron chi connectivity index (χ1n) is 4.84. The van der Waals surface area contributed by atoms with Crippen LogP contribution >= 0.6 is 10.7 Å². The zero-order valence-electron chi connectivity index (χ0n) is 9.64. The minimum Gasteiger partial charge on any atom is -0.495 e. The zero-order valence-corrected chi connectivity index (χ0v) is 11.2. The van der Waals surface area contributed by atoms with Crippen LogP contribution in [0.1, 0.15) is 17.3 Å². The van der Waals surface area contributed by atoms with E-state index in [1.54, 1.807) is 6.92 Å². The van der Waals surface area contributed by atoms with Crippen LogP contribution in [0.15, 0.2) is 17.0 Å². The van der Waals surface area contributed by atoms with Crippen LogP contribution in [0, 0.1) is 0 Å². The van der Waals surface area contributed by atoms with Gasteiger partial charge < -0.3 is 14.6 Å². The molecule has 0 fully saturated rings. The van der Waals surface area contributed by atoms with E-state index in [1.165, 1.54) is 13.2 Å². The van der Waals surface area contributed by atoms with Crippen molar-refractivity contribution in [2.75, 3.05) is 13.7 Å². The van der Waals surface area contributed by atoms with Crippen molar-refractivity contribution < 1.29 is 27.8 Å². The number of hydrogen-bond acceptors (Lipinski definition) is 5. The summed E-state index contributed by atoms with van der Waals surface area (Å²) >= 11 is 0. The number of halogens is 1. The minimum atomic E-state index is -4.10. The Bertz CT molecular complexity index is 566. The second-order valence-corrected chi connectivity index (χ2v) is 5.71. The third-order valence-electron chi connectivity index (χ3n) is 2.06. The average molecular weight is 295 g/mol. The molecule has 0 spiro atoms. The Morgan fingerprint density at radius 1 is 1.39 bits per heavy atom. The van der Waals surface area contributed by atoms with Gasteiger partial charge in [-0.15, -0.1) is 0 Å². The molecular weight excluding hydrogens is 284 g/mol. The molecule has 1 aromatic rings. The van der Waals surface area contributed by atoms with Crippen LogP contribution < -0.4 is 9.47 Å². The summed E-state index contributed by atoms with van der Waals surface area (Å²) in [6.07, 6.45) is 0. The summed E-state index contributed by atoms with van der Waals surface area (Å²) in [4.78, 5) is 10.6. The molecule has 18 heavy (non-hydrogen) atoms. The summed E-state index contributed by atoms with van der Waals surface area (Å²) in [7, 11) is 2.35. The lowest BCUT2D eigenvalue weighted by molar-refractivity contribution is 0.0692. The third kappa shape index (κ3) is 3.05. The molecule has 0 aliphatic carbocycles. The lowest BCUT2D eigenvalue weighted by Crippen LogP contribution is -2.06. The molecule has 0 radical (unpaired) electrons. The Morgan fingerprint density at radius 3 is 2.39 bits per heavy atom. The lowest BCUT2D eigenvalue weighted by atomic mass is 10.2. The van der Waals surface area contributed by atoms with E-state index < -0.39 is 19.9 Å². The fraction of sp³-hybridized carbons (Fsp3) is 0.300. The number of aromatic carboxylic acids is 1. The largest absolute Gasteiger partial charge is 0.495 e. The highest BCUT2D eigenvalue weighted by Gasteiger charge is 2.23. The normalized spacial score (nSPS) is 11.1. The van der Waals surface area contributed by atoms with Crippen LogP contribution in [-0.2, 0) is 9.05 Å². The standard InChI is InChI=1S/C10H11ClO6S/c1-3-17-7-5-8(16-2)9(18(11,14)15)4-6(7)10(12)13/h4-5H,3H2,1-2H3,(H,12,13). The van der Waals surface area contributed by atoms with Gasteiger partial charge in [-0.25, -0.2) is 13.2 Å². The molecule has 100 valence electrons. The molecule has 0 saturated heterocycles. The number of carbonyl (C=O) groups is 1. The summed E-state index contributed by atoms with van der Waals surface area (Å²) in [6.45, 7) is 1.90. The minimum absolute atomic E-state index is 0.0194. The number of hydrogen-bond donors (Lipinski definition) is 1. The zero-order chi connectivity index (χ0) is 13.9. The molecule has 0 saturated carbocycles. The lowest BCUT2D eigenvalue weighted by Gasteiger charge is -2.12. The summed E-state index contributed by atoms with van der Waals surface area (Å²) in [5.74, 6) is -1.37. The Balaban J connectivity index is 3.56. The second-order valence-electron chi connectivity index (χ2n) is 3.18. The molecular formula is C10H11ClO6S. The molecule has 0 aromatic heterocycles. The van der Waals surface area contributed by atoms with Crippen LogP contribution in [0.5, 0.6) is 11.5 Å². The van der Waals surface area contributed by atoms with Gasteiger partial charge in [0.15, 0.2) is 0 Å². The van der Waals surface area contributed by atoms with Crippen molar-refractivity contribution in [3.8, 4) is 11.5 Å². The third-order valence-corrected chi connectivity index (χ3v) is 3.40. The molecule has 0 heterocycles. The fourth-order valence-electron chi connectivity index (χ4n) is 1.33. The van der Waals surface area contributed by atoms with E-state index in [0.29, 0.717) is 0 Å². The number of rotatable bonds is 5. The monoisotopic (exact) mass is 294 g/mol. The fourth-order valence-corrected chi connectivity index (χ4v) is 2.34. The highest BCUT2D eigenvalue weighted by atomic mass is 35.7. The van der Waals surface area contributed by atoms with E-state index >= 15 is 0 Å². The van der Waals surface area contributed by atoms with Gasteiger partial charge in [-0.1, -0.05) is 0 Å². The van der Waals surface area contributed by atoms with E-state index in [2.05, 4.69) is 0 Å². The average Bonchev–Trinajstić information content (AvgIpc) is 2.27. The molecule has 0 unspecified atom stereocenters. The topological polar surface area (TPSA) is 89.9 Å². The van der Waals surface area contributed by atoms with E-state index in [9.17, 15) is 13.2 Å². The Labute approximate surface area is 109 Å². The summed E-state index contributed by atoms with van der Waals surface area (Å²) in [6, 6.07) is 2.09.